The number of aromatic nitrogens is 1. The van der Waals surface area contributed by atoms with Crippen LogP contribution in [0.4, 0.5) is 5.69 Å². The maximum Gasteiger partial charge on any atom is 0.285 e. The molecule has 2 aromatic rings. The maximum absolute atomic E-state index is 12.6. The van der Waals surface area contributed by atoms with Gasteiger partial charge in [-0.15, -0.1) is 15.7 Å². The summed E-state index contributed by atoms with van der Waals surface area (Å²) in [7, 11) is -2.23. The van der Waals surface area contributed by atoms with Crippen LogP contribution in [0.1, 0.15) is 44.2 Å². The molecule has 0 saturated heterocycles. The Morgan fingerprint density at radius 2 is 1.92 bits per heavy atom. The SMILES string of the molecule is CC(C)Cc1c(C(C)C)s/c(=N\S(=O)(=O)c2cccc([N+](=O)[O-])c2)n1C. The number of nitro groups is 1. The number of sulfonamides is 1. The van der Waals surface area contributed by atoms with E-state index in [0.717, 1.165) is 23.1 Å². The highest BCUT2D eigenvalue weighted by Crippen LogP contribution is 2.25. The van der Waals surface area contributed by atoms with Gasteiger partial charge in [-0.1, -0.05) is 33.8 Å². The van der Waals surface area contributed by atoms with Crippen molar-refractivity contribution in [1.29, 1.82) is 0 Å². The molecule has 0 aliphatic rings. The number of thiazole rings is 1. The monoisotopic (exact) mass is 397 g/mol. The number of nitro benzene ring substituents is 1. The average Bonchev–Trinajstić information content (AvgIpc) is 2.83. The zero-order valence-electron chi connectivity index (χ0n) is 15.5. The summed E-state index contributed by atoms with van der Waals surface area (Å²) in [6.45, 7) is 8.35. The molecule has 0 saturated carbocycles. The minimum Gasteiger partial charge on any atom is -0.323 e. The second-order valence-electron chi connectivity index (χ2n) is 6.83. The quantitative estimate of drug-likeness (QED) is 0.549. The molecule has 0 N–H and O–H groups in total. The molecule has 26 heavy (non-hydrogen) atoms. The number of nitrogens with zero attached hydrogens (tertiary/aromatic N) is 3. The third kappa shape index (κ3) is 4.39. The Morgan fingerprint density at radius 1 is 1.27 bits per heavy atom. The molecule has 0 amide bonds. The topological polar surface area (TPSA) is 94.6 Å². The van der Waals surface area contributed by atoms with Gasteiger partial charge in [-0.2, -0.15) is 8.42 Å². The first-order chi connectivity index (χ1) is 12.0. The second-order valence-corrected chi connectivity index (χ2v) is 9.44. The highest BCUT2D eigenvalue weighted by Gasteiger charge is 2.20. The van der Waals surface area contributed by atoms with E-state index in [1.807, 2.05) is 11.6 Å². The van der Waals surface area contributed by atoms with E-state index in [9.17, 15) is 18.5 Å². The Hall–Kier alpha value is -2.00. The van der Waals surface area contributed by atoms with Crippen molar-refractivity contribution in [2.24, 2.45) is 17.4 Å². The molecule has 7 nitrogen and oxygen atoms in total. The molecule has 1 aromatic heterocycles. The standard InChI is InChI=1S/C17H23N3O4S2/c1-11(2)9-15-16(12(3)4)25-17(19(15)5)18-26(23,24)14-8-6-7-13(10-14)20(21)22/h6-8,10-12H,9H2,1-5H3/b18-17-. The van der Waals surface area contributed by atoms with E-state index < -0.39 is 14.9 Å². The van der Waals surface area contributed by atoms with Gasteiger partial charge < -0.3 is 4.57 Å². The fourth-order valence-corrected chi connectivity index (χ4v) is 4.99. The first kappa shape index (κ1) is 20.3. The lowest BCUT2D eigenvalue weighted by atomic mass is 10.0. The summed E-state index contributed by atoms with van der Waals surface area (Å²) in [6.07, 6.45) is 0.826. The second kappa shape index (κ2) is 7.71. The molecule has 142 valence electrons. The third-order valence-electron chi connectivity index (χ3n) is 3.83. The van der Waals surface area contributed by atoms with Crippen LogP contribution < -0.4 is 4.80 Å². The summed E-state index contributed by atoms with van der Waals surface area (Å²) in [5.74, 6) is 0.680. The van der Waals surface area contributed by atoms with Crippen LogP contribution >= 0.6 is 11.3 Å². The van der Waals surface area contributed by atoms with Crippen molar-refractivity contribution in [3.05, 3.63) is 49.8 Å². The van der Waals surface area contributed by atoms with Gasteiger partial charge in [-0.3, -0.25) is 10.1 Å². The molecule has 0 aliphatic carbocycles. The van der Waals surface area contributed by atoms with Gasteiger partial charge in [0.05, 0.1) is 9.82 Å². The molecule has 0 unspecified atom stereocenters. The van der Waals surface area contributed by atoms with Crippen molar-refractivity contribution in [3.8, 4) is 0 Å². The van der Waals surface area contributed by atoms with E-state index in [0.29, 0.717) is 10.7 Å². The number of non-ortho nitro benzene ring substituents is 1. The predicted octanol–water partition coefficient (Wildman–Crippen LogP) is 3.61. The van der Waals surface area contributed by atoms with Crippen molar-refractivity contribution in [2.75, 3.05) is 0 Å². The van der Waals surface area contributed by atoms with Crippen LogP contribution in [0.5, 0.6) is 0 Å². The van der Waals surface area contributed by atoms with Crippen LogP contribution in [-0.2, 0) is 23.5 Å². The van der Waals surface area contributed by atoms with E-state index in [-0.39, 0.29) is 16.5 Å². The average molecular weight is 398 g/mol. The molecule has 0 radical (unpaired) electrons. The van der Waals surface area contributed by atoms with Crippen molar-refractivity contribution in [1.82, 2.24) is 4.57 Å². The van der Waals surface area contributed by atoms with Gasteiger partial charge in [0.15, 0.2) is 0 Å². The minimum atomic E-state index is -4.04. The van der Waals surface area contributed by atoms with Crippen LogP contribution in [0.25, 0.3) is 0 Å². The van der Waals surface area contributed by atoms with Crippen molar-refractivity contribution in [3.63, 3.8) is 0 Å². The first-order valence-electron chi connectivity index (χ1n) is 8.27. The Labute approximate surface area is 157 Å². The van der Waals surface area contributed by atoms with Gasteiger partial charge >= 0.3 is 0 Å². The van der Waals surface area contributed by atoms with Gasteiger partial charge in [0.2, 0.25) is 4.80 Å². The van der Waals surface area contributed by atoms with E-state index in [1.54, 1.807) is 0 Å². The number of benzene rings is 1. The summed E-state index contributed by atoms with van der Waals surface area (Å²) in [5, 5.41) is 10.9. The molecule has 0 aliphatic heterocycles. The molecule has 1 aromatic carbocycles. The first-order valence-corrected chi connectivity index (χ1v) is 10.5. The van der Waals surface area contributed by atoms with Gasteiger partial charge in [-0.25, -0.2) is 0 Å². The molecule has 2 rings (SSSR count). The minimum absolute atomic E-state index is 0.184. The van der Waals surface area contributed by atoms with Crippen molar-refractivity contribution in [2.45, 2.75) is 44.9 Å². The zero-order chi connectivity index (χ0) is 19.6. The highest BCUT2D eigenvalue weighted by atomic mass is 32.2. The Bertz CT molecular complexity index is 986. The highest BCUT2D eigenvalue weighted by molar-refractivity contribution is 7.90. The summed E-state index contributed by atoms with van der Waals surface area (Å²) < 4.78 is 31.1. The number of hydrogen-bond donors (Lipinski definition) is 0. The fraction of sp³-hybridized carbons (Fsp3) is 0.471. The van der Waals surface area contributed by atoms with Crippen LogP contribution in [0, 0.1) is 16.0 Å². The van der Waals surface area contributed by atoms with Crippen molar-refractivity contribution < 1.29 is 13.3 Å². The Balaban J connectivity index is 2.61. The van der Waals surface area contributed by atoms with Crippen LogP contribution in [0.3, 0.4) is 0 Å². The molecular formula is C17H23N3O4S2. The van der Waals surface area contributed by atoms with Gasteiger partial charge in [0, 0.05) is 29.8 Å². The third-order valence-corrected chi connectivity index (χ3v) is 6.68. The van der Waals surface area contributed by atoms with Crippen LogP contribution in [0.2, 0.25) is 0 Å². The Morgan fingerprint density at radius 3 is 2.46 bits per heavy atom. The lowest BCUT2D eigenvalue weighted by Crippen LogP contribution is -2.17. The Kier molecular flexibility index (Phi) is 6.02. The zero-order valence-corrected chi connectivity index (χ0v) is 17.1. The van der Waals surface area contributed by atoms with E-state index in [1.165, 1.54) is 29.5 Å². The predicted molar refractivity (Wildman–Crippen MR) is 102 cm³/mol. The smallest absolute Gasteiger partial charge is 0.285 e. The fourth-order valence-electron chi connectivity index (χ4n) is 2.57. The van der Waals surface area contributed by atoms with Gasteiger partial charge in [0.1, 0.15) is 0 Å². The van der Waals surface area contributed by atoms with E-state index >= 15 is 0 Å². The number of rotatable bonds is 6. The summed E-state index contributed by atoms with van der Waals surface area (Å²) in [4.78, 5) is 11.6. The van der Waals surface area contributed by atoms with Gasteiger partial charge in [-0.05, 0) is 24.3 Å². The van der Waals surface area contributed by atoms with Crippen LogP contribution in [0.15, 0.2) is 33.6 Å². The molecule has 0 bridgehead atoms. The molecule has 0 spiro atoms. The lowest BCUT2D eigenvalue weighted by Gasteiger charge is -2.10. The molecule has 0 fully saturated rings. The van der Waals surface area contributed by atoms with Crippen molar-refractivity contribution >= 4 is 27.0 Å². The molecule has 1 heterocycles. The summed E-state index contributed by atoms with van der Waals surface area (Å²) in [6, 6.07) is 4.95. The summed E-state index contributed by atoms with van der Waals surface area (Å²) >= 11 is 1.35. The number of hydrogen-bond acceptors (Lipinski definition) is 5. The lowest BCUT2D eigenvalue weighted by molar-refractivity contribution is -0.385. The van der Waals surface area contributed by atoms with E-state index in [2.05, 4.69) is 32.1 Å². The summed E-state index contributed by atoms with van der Waals surface area (Å²) in [5.41, 5.74) is 0.799. The maximum atomic E-state index is 12.6. The molecule has 0 atom stereocenters. The normalized spacial score (nSPS) is 13.0. The largest absolute Gasteiger partial charge is 0.323 e. The molecule has 9 heteroatoms. The van der Waals surface area contributed by atoms with Crippen LogP contribution in [-0.4, -0.2) is 17.9 Å². The molecular weight excluding hydrogens is 374 g/mol. The van der Waals surface area contributed by atoms with Gasteiger partial charge in [0.25, 0.3) is 15.7 Å². The van der Waals surface area contributed by atoms with E-state index in [4.69, 9.17) is 0 Å².